The zero-order valence-corrected chi connectivity index (χ0v) is 29.8. The lowest BCUT2D eigenvalue weighted by atomic mass is 9.95. The number of hydrogen-bond donors (Lipinski definition) is 0. The maximum Gasteiger partial charge on any atom is 0.164 e. The molecule has 55 heavy (non-hydrogen) atoms. The Kier molecular flexibility index (Phi) is 8.12. The topological polar surface area (TPSA) is 51.8 Å². The van der Waals surface area contributed by atoms with Crippen LogP contribution in [-0.2, 0) is 0 Å². The van der Waals surface area contributed by atoms with Crippen LogP contribution in [-0.4, -0.2) is 15.0 Å². The molecule has 0 radical (unpaired) electrons. The van der Waals surface area contributed by atoms with E-state index in [0.717, 1.165) is 49.8 Å². The highest BCUT2D eigenvalue weighted by molar-refractivity contribution is 6.06. The third-order valence-electron chi connectivity index (χ3n) is 10.1. The van der Waals surface area contributed by atoms with Crippen LogP contribution in [0, 0.1) is 0 Å². The number of rotatable bonds is 7. The summed E-state index contributed by atoms with van der Waals surface area (Å²) >= 11 is 0. The highest BCUT2D eigenvalue weighted by Gasteiger charge is 2.15. The Labute approximate surface area is 319 Å². The molecule has 0 spiro atoms. The fourth-order valence-electron chi connectivity index (χ4n) is 7.28. The zero-order chi connectivity index (χ0) is 36.6. The van der Waals surface area contributed by atoms with Gasteiger partial charge in [-0.15, -0.1) is 0 Å². The first-order chi connectivity index (χ1) is 27.2. The maximum absolute atomic E-state index is 6.52. The van der Waals surface area contributed by atoms with Gasteiger partial charge in [-0.2, -0.15) is 0 Å². The van der Waals surface area contributed by atoms with E-state index in [-0.39, 0.29) is 0 Å². The van der Waals surface area contributed by atoms with Crippen molar-refractivity contribution in [2.75, 3.05) is 0 Å². The van der Waals surface area contributed by atoms with E-state index in [9.17, 15) is 0 Å². The standard InChI is InChI=1S/C51H33N3O/c1-4-12-34(13-5-1)39-18-10-20-41(30-39)42-21-11-19-40(31-42)35-22-24-36(25-23-35)43-26-28-45-46-29-27-44(33-48(46)55-47(45)32-43)51-53-49(37-14-6-2-7-15-37)52-50(54-51)38-16-8-3-9-17-38/h1-33H. The predicted octanol–water partition coefficient (Wildman–Crippen LogP) is 13.4. The van der Waals surface area contributed by atoms with Gasteiger partial charge in [0.15, 0.2) is 17.5 Å². The highest BCUT2D eigenvalue weighted by Crippen LogP contribution is 2.36. The van der Waals surface area contributed by atoms with Gasteiger partial charge >= 0.3 is 0 Å². The molecule has 10 rings (SSSR count). The second-order valence-electron chi connectivity index (χ2n) is 13.7. The molecule has 258 valence electrons. The average Bonchev–Trinajstić information content (AvgIpc) is 3.64. The summed E-state index contributed by atoms with van der Waals surface area (Å²) in [6, 6.07) is 69.5. The van der Waals surface area contributed by atoms with Gasteiger partial charge in [0.25, 0.3) is 0 Å². The quantitative estimate of drug-likeness (QED) is 0.166. The van der Waals surface area contributed by atoms with Gasteiger partial charge in [-0.25, -0.2) is 15.0 Å². The third kappa shape index (κ3) is 6.36. The van der Waals surface area contributed by atoms with Crippen LogP contribution in [0.2, 0.25) is 0 Å². The molecule has 2 heterocycles. The summed E-state index contributed by atoms with van der Waals surface area (Å²) in [6.07, 6.45) is 0. The van der Waals surface area contributed by atoms with Crippen LogP contribution in [0.3, 0.4) is 0 Å². The van der Waals surface area contributed by atoms with Crippen molar-refractivity contribution < 1.29 is 4.42 Å². The van der Waals surface area contributed by atoms with E-state index in [2.05, 4.69) is 133 Å². The van der Waals surface area contributed by atoms with Crippen molar-refractivity contribution in [3.63, 3.8) is 0 Å². The van der Waals surface area contributed by atoms with E-state index in [4.69, 9.17) is 19.4 Å². The number of benzene rings is 8. The van der Waals surface area contributed by atoms with E-state index < -0.39 is 0 Å². The molecule has 4 nitrogen and oxygen atoms in total. The molecule has 0 N–H and O–H groups in total. The smallest absolute Gasteiger partial charge is 0.164 e. The molecule has 0 amide bonds. The maximum atomic E-state index is 6.52. The van der Waals surface area contributed by atoms with E-state index in [1.54, 1.807) is 0 Å². The van der Waals surface area contributed by atoms with Gasteiger partial charge in [-0.3, -0.25) is 0 Å². The van der Waals surface area contributed by atoms with Crippen LogP contribution >= 0.6 is 0 Å². The highest BCUT2D eigenvalue weighted by atomic mass is 16.3. The molecule has 0 unspecified atom stereocenters. The Balaban J connectivity index is 0.948. The Morgan fingerprint density at radius 2 is 0.545 bits per heavy atom. The zero-order valence-electron chi connectivity index (χ0n) is 29.8. The summed E-state index contributed by atoms with van der Waals surface area (Å²) in [6.45, 7) is 0. The normalized spacial score (nSPS) is 11.3. The molecule has 0 aliphatic carbocycles. The van der Waals surface area contributed by atoms with E-state index in [0.29, 0.717) is 17.5 Å². The van der Waals surface area contributed by atoms with Crippen LogP contribution < -0.4 is 0 Å². The number of hydrogen-bond acceptors (Lipinski definition) is 4. The molecular weight excluding hydrogens is 671 g/mol. The lowest BCUT2D eigenvalue weighted by Crippen LogP contribution is -2.00. The van der Waals surface area contributed by atoms with Gasteiger partial charge in [0, 0.05) is 27.5 Å². The molecule has 0 fully saturated rings. The first-order valence-corrected chi connectivity index (χ1v) is 18.4. The van der Waals surface area contributed by atoms with Crippen molar-refractivity contribution in [3.05, 3.63) is 200 Å². The second kappa shape index (κ2) is 13.8. The fourth-order valence-corrected chi connectivity index (χ4v) is 7.28. The summed E-state index contributed by atoms with van der Waals surface area (Å²) in [4.78, 5) is 14.7. The Morgan fingerprint density at radius 3 is 1.02 bits per heavy atom. The number of furan rings is 1. The van der Waals surface area contributed by atoms with Crippen molar-refractivity contribution >= 4 is 21.9 Å². The monoisotopic (exact) mass is 703 g/mol. The molecule has 0 atom stereocenters. The summed E-state index contributed by atoms with van der Waals surface area (Å²) < 4.78 is 6.52. The third-order valence-corrected chi connectivity index (χ3v) is 10.1. The molecular formula is C51H33N3O. The van der Waals surface area contributed by atoms with Crippen molar-refractivity contribution in [2.24, 2.45) is 0 Å². The molecule has 4 heteroatoms. The largest absolute Gasteiger partial charge is 0.456 e. The van der Waals surface area contributed by atoms with Crippen LogP contribution in [0.25, 0.3) is 101 Å². The van der Waals surface area contributed by atoms with Crippen LogP contribution in [0.15, 0.2) is 205 Å². The fraction of sp³-hybridized carbons (Fsp3) is 0. The summed E-state index contributed by atoms with van der Waals surface area (Å²) in [5.41, 5.74) is 13.8. The first-order valence-electron chi connectivity index (χ1n) is 18.4. The predicted molar refractivity (Wildman–Crippen MR) is 225 cm³/mol. The molecule has 0 bridgehead atoms. The second-order valence-corrected chi connectivity index (χ2v) is 13.7. The summed E-state index contributed by atoms with van der Waals surface area (Å²) in [7, 11) is 0. The molecule has 2 aromatic heterocycles. The molecule has 8 aromatic carbocycles. The molecule has 0 saturated carbocycles. The molecule has 10 aromatic rings. The number of fused-ring (bicyclic) bond motifs is 3. The molecule has 0 aliphatic rings. The van der Waals surface area contributed by atoms with Crippen molar-refractivity contribution in [3.8, 4) is 78.7 Å². The minimum absolute atomic E-state index is 0.599. The molecule has 0 aliphatic heterocycles. The Bertz CT molecular complexity index is 2900. The van der Waals surface area contributed by atoms with E-state index in [1.807, 2.05) is 66.7 Å². The van der Waals surface area contributed by atoms with Gasteiger partial charge in [0.2, 0.25) is 0 Å². The average molecular weight is 704 g/mol. The lowest BCUT2D eigenvalue weighted by Gasteiger charge is -2.09. The van der Waals surface area contributed by atoms with Gasteiger partial charge in [0.05, 0.1) is 0 Å². The SMILES string of the molecule is c1ccc(-c2cccc(-c3cccc(-c4ccc(-c5ccc6c(c5)oc5cc(-c7nc(-c8ccccc8)nc(-c8ccccc8)n7)ccc56)cc4)c3)c2)cc1. The van der Waals surface area contributed by atoms with Crippen LogP contribution in [0.4, 0.5) is 0 Å². The van der Waals surface area contributed by atoms with Gasteiger partial charge in [0.1, 0.15) is 11.2 Å². The van der Waals surface area contributed by atoms with E-state index in [1.165, 1.54) is 33.4 Å². The number of nitrogens with zero attached hydrogens (tertiary/aromatic N) is 3. The Morgan fingerprint density at radius 1 is 0.236 bits per heavy atom. The Hall–Kier alpha value is -7.43. The minimum Gasteiger partial charge on any atom is -0.456 e. The minimum atomic E-state index is 0.599. The van der Waals surface area contributed by atoms with Crippen LogP contribution in [0.1, 0.15) is 0 Å². The van der Waals surface area contributed by atoms with Crippen molar-refractivity contribution in [2.45, 2.75) is 0 Å². The van der Waals surface area contributed by atoms with Gasteiger partial charge in [-0.05, 0) is 80.9 Å². The summed E-state index contributed by atoms with van der Waals surface area (Å²) in [5, 5.41) is 2.12. The van der Waals surface area contributed by atoms with Crippen LogP contribution in [0.5, 0.6) is 0 Å². The lowest BCUT2D eigenvalue weighted by molar-refractivity contribution is 0.669. The summed E-state index contributed by atoms with van der Waals surface area (Å²) in [5.74, 6) is 1.86. The van der Waals surface area contributed by atoms with Gasteiger partial charge in [-0.1, -0.05) is 164 Å². The molecule has 0 saturated heterocycles. The first kappa shape index (κ1) is 32.2. The number of aromatic nitrogens is 3. The van der Waals surface area contributed by atoms with Crippen molar-refractivity contribution in [1.29, 1.82) is 0 Å². The van der Waals surface area contributed by atoms with Crippen molar-refractivity contribution in [1.82, 2.24) is 15.0 Å². The van der Waals surface area contributed by atoms with Gasteiger partial charge < -0.3 is 4.42 Å². The van der Waals surface area contributed by atoms with E-state index >= 15 is 0 Å².